The minimum atomic E-state index is -1.21. The number of nitrogens with one attached hydrogen (secondary N) is 2. The molecule has 0 bridgehead atoms. The summed E-state index contributed by atoms with van der Waals surface area (Å²) in [4.78, 5) is 68.0. The number of benzene rings is 1. The number of nitrogens with zero attached hydrogens (tertiary/aromatic N) is 3. The molecule has 5 atom stereocenters. The first-order chi connectivity index (χ1) is 26.4. The smallest absolute Gasteiger partial charge is 0.408 e. The summed E-state index contributed by atoms with van der Waals surface area (Å²) in [6.45, 7) is 7.26. The normalized spacial score (nSPS) is 25.5. The molecule has 13 nitrogen and oxygen atoms in total. The highest BCUT2D eigenvalue weighted by molar-refractivity contribution is 7.15. The van der Waals surface area contributed by atoms with Gasteiger partial charge in [0, 0.05) is 34.7 Å². The number of hydrogen-bond acceptors (Lipinski definition) is 11. The second kappa shape index (κ2) is 15.8. The molecule has 2 aromatic heterocycles. The molecule has 2 aliphatic heterocycles. The molecule has 4 heterocycles. The fourth-order valence-electron chi connectivity index (χ4n) is 7.83. The van der Waals surface area contributed by atoms with Crippen molar-refractivity contribution in [3.8, 4) is 22.2 Å². The van der Waals surface area contributed by atoms with Crippen molar-refractivity contribution in [1.29, 1.82) is 0 Å². The Hall–Kier alpha value is -4.72. The Morgan fingerprint density at radius 3 is 2.69 bits per heavy atom. The van der Waals surface area contributed by atoms with E-state index in [1.807, 2.05) is 36.4 Å². The SMILES string of the molecule is CCOC(=O)[C@@]12C[C@H]1C=CCCCCC[C@H](NC(=O)OC(C)(C)C)C(=O)N1CC(Oc3cc(-c4nc5c(s4)CCC5)nc4cc(OC)ccc34)C[C@H]1C(=O)N2. The second-order valence-corrected chi connectivity index (χ2v) is 17.0. The summed E-state index contributed by atoms with van der Waals surface area (Å²) in [5.74, 6) is -0.412. The number of carbonyl (C=O) groups excluding carboxylic acids is 4. The van der Waals surface area contributed by atoms with Crippen LogP contribution in [0.4, 0.5) is 4.79 Å². The van der Waals surface area contributed by atoms with E-state index in [0.29, 0.717) is 42.0 Å². The number of thiazole rings is 1. The number of fused-ring (bicyclic) bond motifs is 4. The molecule has 55 heavy (non-hydrogen) atoms. The molecule has 1 saturated carbocycles. The Labute approximate surface area is 325 Å². The Kier molecular flexibility index (Phi) is 11.1. The van der Waals surface area contributed by atoms with Gasteiger partial charge in [0.1, 0.15) is 51.5 Å². The Balaban J connectivity index is 1.22. The topological polar surface area (TPSA) is 158 Å². The predicted octanol–water partition coefficient (Wildman–Crippen LogP) is 6.06. The highest BCUT2D eigenvalue weighted by atomic mass is 32.1. The van der Waals surface area contributed by atoms with Crippen molar-refractivity contribution < 1.29 is 38.1 Å². The van der Waals surface area contributed by atoms with Crippen LogP contribution < -0.4 is 20.1 Å². The van der Waals surface area contributed by atoms with Crippen molar-refractivity contribution in [1.82, 2.24) is 25.5 Å². The van der Waals surface area contributed by atoms with Crippen LogP contribution in [0, 0.1) is 5.92 Å². The molecule has 4 aliphatic rings. The zero-order valence-corrected chi connectivity index (χ0v) is 33.1. The lowest BCUT2D eigenvalue weighted by Crippen LogP contribution is -2.56. The monoisotopic (exact) mass is 773 g/mol. The summed E-state index contributed by atoms with van der Waals surface area (Å²) < 4.78 is 23.3. The maximum absolute atomic E-state index is 14.6. The summed E-state index contributed by atoms with van der Waals surface area (Å²) in [7, 11) is 1.60. The molecule has 3 aromatic rings. The number of aromatic nitrogens is 2. The number of pyridine rings is 1. The van der Waals surface area contributed by atoms with Crippen LogP contribution in [0.15, 0.2) is 36.4 Å². The highest BCUT2D eigenvalue weighted by Crippen LogP contribution is 2.46. The molecule has 0 spiro atoms. The van der Waals surface area contributed by atoms with Gasteiger partial charge in [0.25, 0.3) is 0 Å². The van der Waals surface area contributed by atoms with Gasteiger partial charge in [-0.05, 0) is 84.8 Å². The number of methoxy groups -OCH3 is 1. The number of ether oxygens (including phenoxy) is 4. The van der Waals surface area contributed by atoms with E-state index in [-0.39, 0.29) is 25.5 Å². The molecule has 2 fully saturated rings. The van der Waals surface area contributed by atoms with E-state index in [0.717, 1.165) is 54.6 Å². The maximum atomic E-state index is 14.6. The molecule has 1 saturated heterocycles. The van der Waals surface area contributed by atoms with Crippen LogP contribution in [0.2, 0.25) is 0 Å². The van der Waals surface area contributed by atoms with Gasteiger partial charge < -0.3 is 34.5 Å². The third-order valence-corrected chi connectivity index (χ3v) is 11.8. The van der Waals surface area contributed by atoms with Gasteiger partial charge in [0.2, 0.25) is 11.8 Å². The lowest BCUT2D eigenvalue weighted by molar-refractivity contribution is -0.150. The quantitative estimate of drug-likeness (QED) is 0.214. The lowest BCUT2D eigenvalue weighted by Gasteiger charge is -2.30. The Bertz CT molecular complexity index is 1970. The summed E-state index contributed by atoms with van der Waals surface area (Å²) >= 11 is 1.64. The molecule has 2 aliphatic carbocycles. The van der Waals surface area contributed by atoms with E-state index in [9.17, 15) is 19.2 Å². The first-order valence-electron chi connectivity index (χ1n) is 19.5. The maximum Gasteiger partial charge on any atom is 0.408 e. The molecule has 294 valence electrons. The zero-order chi connectivity index (χ0) is 38.9. The number of hydrogen-bond donors (Lipinski definition) is 2. The van der Waals surface area contributed by atoms with Crippen LogP contribution in [0.3, 0.4) is 0 Å². The summed E-state index contributed by atoms with van der Waals surface area (Å²) in [6, 6.07) is 5.53. The highest BCUT2D eigenvalue weighted by Gasteiger charge is 2.62. The molecular weight excluding hydrogens is 723 g/mol. The van der Waals surface area contributed by atoms with Crippen molar-refractivity contribution >= 4 is 46.1 Å². The number of esters is 1. The average molecular weight is 774 g/mol. The zero-order valence-electron chi connectivity index (χ0n) is 32.3. The van der Waals surface area contributed by atoms with Crippen molar-refractivity contribution in [2.24, 2.45) is 5.92 Å². The molecule has 2 N–H and O–H groups in total. The van der Waals surface area contributed by atoms with Crippen LogP contribution in [-0.2, 0) is 36.7 Å². The van der Waals surface area contributed by atoms with Crippen molar-refractivity contribution in [3.05, 3.63) is 47.0 Å². The molecule has 0 radical (unpaired) electrons. The van der Waals surface area contributed by atoms with E-state index < -0.39 is 53.2 Å². The summed E-state index contributed by atoms with van der Waals surface area (Å²) in [5, 5.41) is 7.38. The van der Waals surface area contributed by atoms with E-state index in [4.69, 9.17) is 28.9 Å². The summed E-state index contributed by atoms with van der Waals surface area (Å²) in [5.41, 5.74) is 0.459. The standard InChI is InChI=1S/C41H51N5O8S/c1-6-52-38(49)41-22-24(41)13-10-8-7-9-11-14-29(44-39(50)54-40(2,3)4)37(48)46-23-26(20-32(46)35(47)45-41)53-33-21-31(36-43-28-15-12-16-34(28)55-36)42-30-19-25(51-5)17-18-27(30)33/h10,13,17-19,21,24,26,29,32H,6-9,11-12,14-16,20,22-23H2,1-5H3,(H,44,50)(H,45,47)/t24-,26?,29+,32+,41-/m1/s1. The second-order valence-electron chi connectivity index (χ2n) is 15.9. The van der Waals surface area contributed by atoms with Gasteiger partial charge in [-0.1, -0.05) is 25.0 Å². The Morgan fingerprint density at radius 1 is 1.09 bits per heavy atom. The number of allylic oxidation sites excluding steroid dienone is 1. The lowest BCUT2D eigenvalue weighted by atomic mass is 10.0. The third-order valence-electron chi connectivity index (χ3n) is 10.7. The molecule has 7 rings (SSSR count). The number of aryl methyl sites for hydroxylation is 2. The number of alkyl carbamates (subject to hydrolysis) is 1. The minimum Gasteiger partial charge on any atom is -0.497 e. The van der Waals surface area contributed by atoms with Gasteiger partial charge in [0.15, 0.2) is 0 Å². The van der Waals surface area contributed by atoms with Gasteiger partial charge in [0.05, 0.1) is 31.5 Å². The Morgan fingerprint density at radius 2 is 1.93 bits per heavy atom. The molecule has 14 heteroatoms. The van der Waals surface area contributed by atoms with E-state index in [2.05, 4.69) is 10.6 Å². The first kappa shape index (κ1) is 38.6. The van der Waals surface area contributed by atoms with Crippen LogP contribution in [0.1, 0.15) is 89.6 Å². The van der Waals surface area contributed by atoms with Crippen molar-refractivity contribution in [2.45, 2.75) is 121 Å². The summed E-state index contributed by atoms with van der Waals surface area (Å²) in [6.07, 6.45) is 9.86. The van der Waals surface area contributed by atoms with Crippen LogP contribution in [0.25, 0.3) is 21.6 Å². The fourth-order valence-corrected chi connectivity index (χ4v) is 8.94. The molecule has 3 amide bonds. The molecule has 1 unspecified atom stereocenters. The number of carbonyl (C=O) groups is 4. The molecular formula is C41H51N5O8S. The largest absolute Gasteiger partial charge is 0.497 e. The van der Waals surface area contributed by atoms with Crippen LogP contribution >= 0.6 is 11.3 Å². The van der Waals surface area contributed by atoms with Gasteiger partial charge >= 0.3 is 12.1 Å². The molecule has 1 aromatic carbocycles. The van der Waals surface area contributed by atoms with Gasteiger partial charge in [-0.15, -0.1) is 11.3 Å². The third kappa shape index (κ3) is 8.44. The van der Waals surface area contributed by atoms with Gasteiger partial charge in [-0.25, -0.2) is 19.6 Å². The fraction of sp³-hybridized carbons (Fsp3) is 0.561. The predicted molar refractivity (Wildman–Crippen MR) is 207 cm³/mol. The van der Waals surface area contributed by atoms with E-state index >= 15 is 0 Å². The van der Waals surface area contributed by atoms with Crippen molar-refractivity contribution in [3.63, 3.8) is 0 Å². The van der Waals surface area contributed by atoms with Crippen molar-refractivity contribution in [2.75, 3.05) is 20.3 Å². The van der Waals surface area contributed by atoms with E-state index in [1.165, 1.54) is 9.78 Å². The van der Waals surface area contributed by atoms with Crippen LogP contribution in [-0.4, -0.2) is 88.3 Å². The number of amides is 3. The van der Waals surface area contributed by atoms with E-state index in [1.54, 1.807) is 46.1 Å². The number of rotatable bonds is 7. The van der Waals surface area contributed by atoms with Crippen LogP contribution in [0.5, 0.6) is 11.5 Å². The minimum absolute atomic E-state index is 0.0695. The van der Waals surface area contributed by atoms with Gasteiger partial charge in [-0.2, -0.15) is 0 Å². The average Bonchev–Trinajstić information content (AvgIpc) is 3.46. The van der Waals surface area contributed by atoms with Gasteiger partial charge in [-0.3, -0.25) is 9.59 Å². The first-order valence-corrected chi connectivity index (χ1v) is 20.3.